The van der Waals surface area contributed by atoms with E-state index in [0.29, 0.717) is 42.8 Å². The second kappa shape index (κ2) is 8.99. The van der Waals surface area contributed by atoms with Gasteiger partial charge < -0.3 is 0 Å². The molecule has 0 atom stereocenters. The summed E-state index contributed by atoms with van der Waals surface area (Å²) < 4.78 is 0.703. The van der Waals surface area contributed by atoms with Gasteiger partial charge in [-0.05, 0) is 0 Å². The van der Waals surface area contributed by atoms with E-state index in [1.807, 2.05) is 19.1 Å². The van der Waals surface area contributed by atoms with E-state index in [2.05, 4.69) is 9.97 Å². The molecule has 149 valence electrons. The van der Waals surface area contributed by atoms with Gasteiger partial charge in [0, 0.05) is 0 Å². The number of nitro benzene ring substituents is 1. The van der Waals surface area contributed by atoms with Gasteiger partial charge in [0.1, 0.15) is 0 Å². The first-order valence-electron chi connectivity index (χ1n) is 8.62. The summed E-state index contributed by atoms with van der Waals surface area (Å²) in [5, 5.41) is 13.3. The molecule has 0 saturated heterocycles. The minimum absolute atomic E-state index is 0.0563. The van der Waals surface area contributed by atoms with Gasteiger partial charge in [0.15, 0.2) is 0 Å². The fourth-order valence-corrected chi connectivity index (χ4v) is 5.39. The Kier molecular flexibility index (Phi) is 6.62. The molecule has 10 heteroatoms. The van der Waals surface area contributed by atoms with Crippen molar-refractivity contribution in [1.82, 2.24) is 9.97 Å². The van der Waals surface area contributed by atoms with Gasteiger partial charge in [-0.1, -0.05) is 0 Å². The third-order valence-electron chi connectivity index (χ3n) is 4.24. The number of nitro groups is 1. The summed E-state index contributed by atoms with van der Waals surface area (Å²) in [5.74, 6) is 0.293. The number of hydrogen-bond acceptors (Lipinski definition) is 6. The SMILES string of the molecule is CCc1nc(N)nc(N)c1-c1ccc([As]Cc2ccc(Cl)c(Cl)c2)c([N+](=O)[O-])c1. The van der Waals surface area contributed by atoms with Crippen LogP contribution in [0, 0.1) is 10.1 Å². The second-order valence-corrected chi connectivity index (χ2v) is 9.32. The first-order valence-corrected chi connectivity index (χ1v) is 11.6. The van der Waals surface area contributed by atoms with Gasteiger partial charge in [-0.2, -0.15) is 0 Å². The zero-order valence-electron chi connectivity index (χ0n) is 15.4. The van der Waals surface area contributed by atoms with Gasteiger partial charge in [0.05, 0.1) is 0 Å². The van der Waals surface area contributed by atoms with Crippen molar-refractivity contribution in [3.05, 3.63) is 67.8 Å². The normalized spacial score (nSPS) is 11.3. The number of aromatic nitrogens is 2. The Bertz CT molecular complexity index is 1090. The number of rotatable bonds is 6. The van der Waals surface area contributed by atoms with E-state index in [1.165, 1.54) is 6.07 Å². The molecule has 0 unspecified atom stereocenters. The molecule has 2 aromatic carbocycles. The van der Waals surface area contributed by atoms with E-state index in [0.717, 1.165) is 5.56 Å². The summed E-state index contributed by atoms with van der Waals surface area (Å²) in [7, 11) is 0. The van der Waals surface area contributed by atoms with Gasteiger partial charge in [-0.3, -0.25) is 0 Å². The van der Waals surface area contributed by atoms with Crippen LogP contribution in [0.25, 0.3) is 11.1 Å². The van der Waals surface area contributed by atoms with Crippen LogP contribution in [0.15, 0.2) is 36.4 Å². The molecule has 3 aromatic rings. The standard InChI is InChI=1S/C19H17AsCl2N5O2/c1-2-15-17(18(23)26-19(24)25-15)11-4-5-12(16(8-11)27(28)29)20-9-10-3-6-13(21)14(22)7-10/h3-8H,2,9H2,1H3,(H4,23,24,25,26). The summed E-state index contributed by atoms with van der Waals surface area (Å²) in [5.41, 5.74) is 14.6. The summed E-state index contributed by atoms with van der Waals surface area (Å²) in [4.78, 5) is 19.6. The maximum absolute atomic E-state index is 11.7. The second-order valence-electron chi connectivity index (χ2n) is 6.17. The van der Waals surface area contributed by atoms with Gasteiger partial charge in [0.2, 0.25) is 0 Å². The van der Waals surface area contributed by atoms with Crippen LogP contribution >= 0.6 is 23.2 Å². The molecule has 0 fully saturated rings. The Morgan fingerprint density at radius 2 is 1.86 bits per heavy atom. The third kappa shape index (κ3) is 4.81. The Hall–Kier alpha value is -2.34. The molecular weight excluding hydrogens is 476 g/mol. The Morgan fingerprint density at radius 1 is 1.10 bits per heavy atom. The van der Waals surface area contributed by atoms with Crippen LogP contribution in [0.4, 0.5) is 17.5 Å². The summed E-state index contributed by atoms with van der Waals surface area (Å²) >= 11 is 11.5. The molecule has 7 nitrogen and oxygen atoms in total. The molecule has 0 aliphatic rings. The molecule has 0 bridgehead atoms. The molecule has 1 heterocycles. The topological polar surface area (TPSA) is 121 Å². The van der Waals surface area contributed by atoms with Crippen LogP contribution in [-0.2, 0) is 11.6 Å². The first-order chi connectivity index (χ1) is 13.8. The van der Waals surface area contributed by atoms with Crippen LogP contribution in [0.5, 0.6) is 0 Å². The van der Waals surface area contributed by atoms with E-state index in [9.17, 15) is 10.1 Å². The average Bonchev–Trinajstić information content (AvgIpc) is 2.68. The fourth-order valence-electron chi connectivity index (χ4n) is 2.89. The average molecular weight is 493 g/mol. The Labute approximate surface area is 184 Å². The molecule has 29 heavy (non-hydrogen) atoms. The van der Waals surface area contributed by atoms with E-state index in [1.54, 1.807) is 18.2 Å². The predicted molar refractivity (Wildman–Crippen MR) is 118 cm³/mol. The van der Waals surface area contributed by atoms with E-state index < -0.39 is 15.8 Å². The fraction of sp³-hybridized carbons (Fsp3) is 0.158. The van der Waals surface area contributed by atoms with Crippen LogP contribution < -0.4 is 15.8 Å². The minimum atomic E-state index is -0.495. The number of benzene rings is 2. The van der Waals surface area contributed by atoms with Gasteiger partial charge in [-0.15, -0.1) is 0 Å². The molecule has 0 aliphatic carbocycles. The molecule has 4 N–H and O–H groups in total. The number of aryl methyl sites for hydroxylation is 1. The van der Waals surface area contributed by atoms with Crippen molar-refractivity contribution in [1.29, 1.82) is 0 Å². The molecule has 0 saturated carbocycles. The van der Waals surface area contributed by atoms with E-state index >= 15 is 0 Å². The molecule has 0 aliphatic heterocycles. The maximum atomic E-state index is 11.7. The molecule has 3 rings (SSSR count). The Balaban J connectivity index is 1.96. The van der Waals surface area contributed by atoms with E-state index in [4.69, 9.17) is 34.7 Å². The van der Waals surface area contributed by atoms with Gasteiger partial charge >= 0.3 is 185 Å². The molecule has 0 amide bonds. The quantitative estimate of drug-likeness (QED) is 0.308. The number of nitrogens with two attached hydrogens (primary N) is 2. The number of halogens is 2. The number of nitrogens with zero attached hydrogens (tertiary/aromatic N) is 3. The number of nitrogen functional groups attached to an aromatic ring is 2. The summed E-state index contributed by atoms with van der Waals surface area (Å²) in [6, 6.07) is 10.5. The van der Waals surface area contributed by atoms with Gasteiger partial charge in [-0.25, -0.2) is 0 Å². The monoisotopic (exact) mass is 492 g/mol. The van der Waals surface area contributed by atoms with Crippen molar-refractivity contribution in [2.24, 2.45) is 0 Å². The van der Waals surface area contributed by atoms with Crippen LogP contribution in [0.3, 0.4) is 0 Å². The molecule has 1 aromatic heterocycles. The zero-order valence-corrected chi connectivity index (χ0v) is 18.8. The van der Waals surface area contributed by atoms with Crippen molar-refractivity contribution < 1.29 is 4.92 Å². The summed E-state index contributed by atoms with van der Waals surface area (Å²) in [6.07, 6.45) is 0.574. The summed E-state index contributed by atoms with van der Waals surface area (Å²) in [6.45, 7) is 1.91. The molecular formula is C19H17AsCl2N5O2. The zero-order chi connectivity index (χ0) is 21.1. The predicted octanol–water partition coefficient (Wildman–Crippen LogP) is 3.62. The molecule has 0 spiro atoms. The van der Waals surface area contributed by atoms with Crippen LogP contribution in [-0.4, -0.2) is 30.6 Å². The van der Waals surface area contributed by atoms with Crippen molar-refractivity contribution in [3.8, 4) is 11.1 Å². The number of hydrogen-bond donors (Lipinski definition) is 2. The van der Waals surface area contributed by atoms with Crippen molar-refractivity contribution in [2.45, 2.75) is 18.6 Å². The van der Waals surface area contributed by atoms with Gasteiger partial charge in [0.25, 0.3) is 0 Å². The van der Waals surface area contributed by atoms with E-state index in [-0.39, 0.29) is 22.4 Å². The van der Waals surface area contributed by atoms with Crippen molar-refractivity contribution in [2.75, 3.05) is 11.5 Å². The molecule has 1 radical (unpaired) electrons. The van der Waals surface area contributed by atoms with Crippen molar-refractivity contribution in [3.63, 3.8) is 0 Å². The van der Waals surface area contributed by atoms with Crippen LogP contribution in [0.1, 0.15) is 18.2 Å². The first kappa shape index (κ1) is 21.4. The Morgan fingerprint density at radius 3 is 2.52 bits per heavy atom. The van der Waals surface area contributed by atoms with Crippen LogP contribution in [0.2, 0.25) is 10.0 Å². The van der Waals surface area contributed by atoms with Crippen molar-refractivity contribution >= 4 is 60.8 Å². The number of anilines is 2. The third-order valence-corrected chi connectivity index (χ3v) is 7.59.